The first-order valence-electron chi connectivity index (χ1n) is 4.13. The number of hydrogen-bond acceptors (Lipinski definition) is 10. The first-order chi connectivity index (χ1) is 7.67. The van der Waals surface area contributed by atoms with Crippen molar-refractivity contribution in [1.82, 2.24) is 0 Å². The Balaban J connectivity index is -0.000000427. The molecule has 0 aromatic heterocycles. The second-order valence-corrected chi connectivity index (χ2v) is 6.87. The van der Waals surface area contributed by atoms with Crippen molar-refractivity contribution in [2.45, 2.75) is 18.1 Å². The van der Waals surface area contributed by atoms with Gasteiger partial charge in [-0.25, -0.2) is 16.8 Å². The van der Waals surface area contributed by atoms with E-state index >= 15 is 0 Å². The van der Waals surface area contributed by atoms with Crippen molar-refractivity contribution in [2.75, 3.05) is 11.5 Å². The van der Waals surface area contributed by atoms with Crippen LogP contribution in [0, 0.1) is 0 Å². The summed E-state index contributed by atoms with van der Waals surface area (Å²) in [6, 6.07) is 0. The van der Waals surface area contributed by atoms with Crippen molar-refractivity contribution in [3.63, 3.8) is 0 Å². The van der Waals surface area contributed by atoms with E-state index in [-0.39, 0.29) is 101 Å². The second kappa shape index (κ2) is 15.6. The summed E-state index contributed by atoms with van der Waals surface area (Å²) in [5.74, 6) is -1.02. The van der Waals surface area contributed by atoms with Gasteiger partial charge in [0.15, 0.2) is 0 Å². The molecule has 0 amide bonds. The van der Waals surface area contributed by atoms with Crippen LogP contribution in [0.2, 0.25) is 0 Å². The zero-order valence-corrected chi connectivity index (χ0v) is 19.8. The molecule has 0 N–H and O–H groups in total. The Kier molecular flexibility index (Phi) is 24.0. The van der Waals surface area contributed by atoms with Crippen molar-refractivity contribution in [2.24, 2.45) is 0 Å². The molecule has 1 atom stereocenters. The van der Waals surface area contributed by atoms with Gasteiger partial charge in [0.25, 0.3) is 0 Å². The Labute approximate surface area is 188 Å². The van der Waals surface area contributed by atoms with Gasteiger partial charge in [-0.2, -0.15) is 4.33 Å². The largest absolute Gasteiger partial charge is 1.00 e. The summed E-state index contributed by atoms with van der Waals surface area (Å²) in [6.07, 6.45) is -0.841. The smallest absolute Gasteiger partial charge is 0.748 e. The molecule has 0 saturated carbocycles. The van der Waals surface area contributed by atoms with E-state index in [9.17, 15) is 31.2 Å². The van der Waals surface area contributed by atoms with Crippen molar-refractivity contribution >= 4 is 32.3 Å². The van der Waals surface area contributed by atoms with E-state index < -0.39 is 37.7 Å². The number of hydrogen-bond donors (Lipinski definition) is 0. The predicted molar refractivity (Wildman–Crippen MR) is 51.9 cm³/mol. The van der Waals surface area contributed by atoms with Gasteiger partial charge in [0.2, 0.25) is 0 Å². The minimum Gasteiger partial charge on any atom is -0.748 e. The standard InChI is InChI=1S/C5H12O9S3.3Na/c6-13-14-15-3-1-5(17(10,11)12)2-4-16(7,8)9;;;/h5-6H,1-4H2,(H,7,8,9)(H,10,11,12);;;/q;3*+1/p-3. The molecule has 0 spiro atoms. The van der Waals surface area contributed by atoms with Gasteiger partial charge in [0, 0.05) is 23.5 Å². The summed E-state index contributed by atoms with van der Waals surface area (Å²) < 4.78 is 66.9. The fourth-order valence-corrected chi connectivity index (χ4v) is 3.11. The van der Waals surface area contributed by atoms with Crippen LogP contribution in [0.1, 0.15) is 12.8 Å². The molecule has 0 rings (SSSR count). The maximum Gasteiger partial charge on any atom is 1.00 e. The van der Waals surface area contributed by atoms with Crippen LogP contribution in [0.3, 0.4) is 0 Å². The molecule has 20 heavy (non-hydrogen) atoms. The van der Waals surface area contributed by atoms with Crippen LogP contribution in [0.5, 0.6) is 0 Å². The van der Waals surface area contributed by atoms with E-state index in [1.54, 1.807) is 0 Å². The molecule has 0 aromatic carbocycles. The van der Waals surface area contributed by atoms with Gasteiger partial charge in [0.05, 0.1) is 25.5 Å². The van der Waals surface area contributed by atoms with Crippen LogP contribution in [0.15, 0.2) is 0 Å². The number of rotatable bonds is 9. The Morgan fingerprint density at radius 2 is 1.50 bits per heavy atom. The van der Waals surface area contributed by atoms with Crippen LogP contribution in [-0.4, -0.2) is 42.7 Å². The molecular formula is C5H9Na3O9S3. The Morgan fingerprint density at radius 1 is 1.00 bits per heavy atom. The SMILES string of the molecule is O=S(=O)([O-])CCC(CCSOO[O-])S(=O)(=O)[O-].[Na+].[Na+].[Na+]. The van der Waals surface area contributed by atoms with Crippen LogP contribution in [0.4, 0.5) is 0 Å². The minimum atomic E-state index is -4.72. The van der Waals surface area contributed by atoms with Gasteiger partial charge < -0.3 is 14.4 Å². The molecule has 0 heterocycles. The Hall–Kier alpha value is 3.05. The molecular weight excluding hydrogens is 369 g/mol. The van der Waals surface area contributed by atoms with Crippen molar-refractivity contribution in [1.29, 1.82) is 0 Å². The molecule has 104 valence electrons. The fourth-order valence-electron chi connectivity index (χ4n) is 0.942. The summed E-state index contributed by atoms with van der Waals surface area (Å²) in [5.41, 5.74) is 0. The summed E-state index contributed by atoms with van der Waals surface area (Å²) in [6.45, 7) is 0. The summed E-state index contributed by atoms with van der Waals surface area (Å²) >= 11 is 0.465. The van der Waals surface area contributed by atoms with E-state index in [4.69, 9.17) is 0 Å². The average molecular weight is 378 g/mol. The van der Waals surface area contributed by atoms with Crippen LogP contribution < -0.4 is 93.9 Å². The van der Waals surface area contributed by atoms with Gasteiger partial charge in [-0.1, -0.05) is 0 Å². The first-order valence-corrected chi connectivity index (χ1v) is 8.09. The monoisotopic (exact) mass is 378 g/mol. The molecule has 0 aliphatic heterocycles. The molecule has 0 bridgehead atoms. The third-order valence-corrected chi connectivity index (χ3v) is 4.27. The van der Waals surface area contributed by atoms with Crippen molar-refractivity contribution < 1.29 is 129 Å². The molecule has 0 saturated heterocycles. The molecule has 0 aliphatic rings. The van der Waals surface area contributed by atoms with Crippen LogP contribution >= 0.6 is 12.0 Å². The van der Waals surface area contributed by atoms with E-state index in [0.29, 0.717) is 12.0 Å². The maximum absolute atomic E-state index is 10.7. The van der Waals surface area contributed by atoms with E-state index in [0.717, 1.165) is 0 Å². The quantitative estimate of drug-likeness (QED) is 0.0942. The van der Waals surface area contributed by atoms with Crippen LogP contribution in [0.25, 0.3) is 0 Å². The van der Waals surface area contributed by atoms with Crippen molar-refractivity contribution in [3.8, 4) is 0 Å². The normalized spacial score (nSPS) is 12.6. The zero-order chi connectivity index (χ0) is 13.5. The zero-order valence-electron chi connectivity index (χ0n) is 11.3. The molecule has 0 aromatic rings. The van der Waals surface area contributed by atoms with Crippen LogP contribution in [-0.2, 0) is 29.6 Å². The Bertz CT molecular complexity index is 411. The molecule has 9 nitrogen and oxygen atoms in total. The molecule has 1 unspecified atom stereocenters. The van der Waals surface area contributed by atoms with E-state index in [2.05, 4.69) is 9.37 Å². The van der Waals surface area contributed by atoms with Gasteiger partial charge in [-0.05, 0) is 12.8 Å². The van der Waals surface area contributed by atoms with Crippen molar-refractivity contribution in [3.05, 3.63) is 0 Å². The summed E-state index contributed by atoms with van der Waals surface area (Å²) in [5, 5.41) is 10.8. The van der Waals surface area contributed by atoms with Gasteiger partial charge in [0.1, 0.15) is 0 Å². The predicted octanol–water partition coefficient (Wildman–Crippen LogP) is -10.9. The van der Waals surface area contributed by atoms with E-state index in [1.165, 1.54) is 0 Å². The fraction of sp³-hybridized carbons (Fsp3) is 1.00. The third-order valence-electron chi connectivity index (χ3n) is 1.70. The van der Waals surface area contributed by atoms with Gasteiger partial charge in [-0.15, -0.1) is 0 Å². The summed E-state index contributed by atoms with van der Waals surface area (Å²) in [7, 11) is -9.30. The topological polar surface area (TPSA) is 156 Å². The third kappa shape index (κ3) is 19.1. The molecule has 0 aliphatic carbocycles. The van der Waals surface area contributed by atoms with E-state index in [1.807, 2.05) is 0 Å². The first kappa shape index (κ1) is 30.9. The Morgan fingerprint density at radius 3 is 1.85 bits per heavy atom. The maximum atomic E-state index is 10.7. The van der Waals surface area contributed by atoms with Gasteiger partial charge >= 0.3 is 88.7 Å². The minimum absolute atomic E-state index is 0. The van der Waals surface area contributed by atoms with Gasteiger partial charge in [-0.3, -0.25) is 5.04 Å². The molecule has 15 heteroatoms. The molecule has 0 radical (unpaired) electrons. The molecule has 0 fully saturated rings. The average Bonchev–Trinajstić information content (AvgIpc) is 2.13. The summed E-state index contributed by atoms with van der Waals surface area (Å²) in [4.78, 5) is 0. The second-order valence-electron chi connectivity index (χ2n) is 2.91.